The minimum absolute atomic E-state index is 0.109. The molecule has 14 heavy (non-hydrogen) atoms. The van der Waals surface area contributed by atoms with Gasteiger partial charge in [0.05, 0.1) is 18.6 Å². The van der Waals surface area contributed by atoms with Crippen molar-refractivity contribution in [1.82, 2.24) is 0 Å². The molecule has 1 aliphatic heterocycles. The summed E-state index contributed by atoms with van der Waals surface area (Å²) < 4.78 is 11.6. The van der Waals surface area contributed by atoms with Crippen LogP contribution in [0.15, 0.2) is 0 Å². The fourth-order valence-electron chi connectivity index (χ4n) is 2.26. The van der Waals surface area contributed by atoms with Crippen LogP contribution in [0.2, 0.25) is 0 Å². The van der Waals surface area contributed by atoms with Crippen LogP contribution >= 0.6 is 11.6 Å². The molecular formula is C11H19ClO2. The monoisotopic (exact) mass is 218 g/mol. The minimum Gasteiger partial charge on any atom is -0.347 e. The summed E-state index contributed by atoms with van der Waals surface area (Å²) in [6.07, 6.45) is 4.52. The summed E-state index contributed by atoms with van der Waals surface area (Å²) in [4.78, 5) is 0. The van der Waals surface area contributed by atoms with Crippen LogP contribution in [0.1, 0.15) is 39.5 Å². The molecule has 0 radical (unpaired) electrons. The van der Waals surface area contributed by atoms with Crippen LogP contribution in [-0.2, 0) is 9.47 Å². The Bertz CT molecular complexity index is 205. The lowest BCUT2D eigenvalue weighted by Crippen LogP contribution is -2.38. The smallest absolute Gasteiger partial charge is 0.168 e. The second-order valence-electron chi connectivity index (χ2n) is 5.28. The maximum atomic E-state index is 5.88. The molecule has 0 aromatic rings. The van der Waals surface area contributed by atoms with E-state index in [-0.39, 0.29) is 11.9 Å². The molecule has 3 heteroatoms. The Morgan fingerprint density at radius 2 is 1.86 bits per heavy atom. The van der Waals surface area contributed by atoms with Crippen molar-refractivity contribution in [2.45, 2.75) is 51.4 Å². The zero-order valence-electron chi connectivity index (χ0n) is 9.01. The molecule has 0 N–H and O–H groups in total. The van der Waals surface area contributed by atoms with E-state index in [0.717, 1.165) is 12.8 Å². The van der Waals surface area contributed by atoms with Crippen molar-refractivity contribution in [3.05, 3.63) is 0 Å². The quantitative estimate of drug-likeness (QED) is 0.630. The first-order chi connectivity index (χ1) is 6.55. The van der Waals surface area contributed by atoms with Gasteiger partial charge in [0.1, 0.15) is 0 Å². The first kappa shape index (κ1) is 10.7. The van der Waals surface area contributed by atoms with Crippen molar-refractivity contribution in [2.24, 2.45) is 5.41 Å². The van der Waals surface area contributed by atoms with Crippen LogP contribution in [-0.4, -0.2) is 24.4 Å². The molecule has 2 rings (SSSR count). The molecule has 0 aromatic carbocycles. The van der Waals surface area contributed by atoms with Crippen LogP contribution in [0.25, 0.3) is 0 Å². The van der Waals surface area contributed by atoms with Crippen molar-refractivity contribution >= 4 is 11.6 Å². The van der Waals surface area contributed by atoms with E-state index >= 15 is 0 Å². The molecule has 0 bridgehead atoms. The van der Waals surface area contributed by atoms with Gasteiger partial charge in [0.2, 0.25) is 0 Å². The molecule has 1 spiro atoms. The summed E-state index contributed by atoms with van der Waals surface area (Å²) in [5.41, 5.74) is 0.455. The molecule has 0 aromatic heterocycles. The van der Waals surface area contributed by atoms with Gasteiger partial charge >= 0.3 is 0 Å². The third-order valence-corrected chi connectivity index (χ3v) is 3.80. The number of hydrogen-bond acceptors (Lipinski definition) is 2. The van der Waals surface area contributed by atoms with E-state index in [9.17, 15) is 0 Å². The van der Waals surface area contributed by atoms with E-state index in [0.29, 0.717) is 17.9 Å². The van der Waals surface area contributed by atoms with E-state index in [4.69, 9.17) is 21.1 Å². The van der Waals surface area contributed by atoms with Gasteiger partial charge in [-0.2, -0.15) is 0 Å². The average Bonchev–Trinajstić information content (AvgIpc) is 2.56. The molecule has 1 saturated carbocycles. The number of alkyl halides is 1. The highest BCUT2D eigenvalue weighted by molar-refractivity contribution is 6.18. The highest BCUT2D eigenvalue weighted by Gasteiger charge is 2.45. The maximum Gasteiger partial charge on any atom is 0.168 e. The van der Waals surface area contributed by atoms with E-state index in [1.54, 1.807) is 0 Å². The fraction of sp³-hybridized carbons (Fsp3) is 1.00. The molecule has 1 atom stereocenters. The molecule has 1 heterocycles. The Morgan fingerprint density at radius 1 is 1.21 bits per heavy atom. The highest BCUT2D eigenvalue weighted by Crippen LogP contribution is 2.45. The second kappa shape index (κ2) is 3.66. The van der Waals surface area contributed by atoms with Crippen molar-refractivity contribution in [1.29, 1.82) is 0 Å². The van der Waals surface area contributed by atoms with E-state index in [1.165, 1.54) is 12.8 Å². The standard InChI is InChI=1S/C11H19ClO2/c1-10(2)3-5-11(6-4-10)13-8-9(7-12)14-11/h9H,3-8H2,1-2H3. The van der Waals surface area contributed by atoms with Crippen molar-refractivity contribution in [2.75, 3.05) is 12.5 Å². The highest BCUT2D eigenvalue weighted by atomic mass is 35.5. The Labute approximate surface area is 90.9 Å². The lowest BCUT2D eigenvalue weighted by atomic mass is 9.75. The number of ether oxygens (including phenoxy) is 2. The molecule has 1 aliphatic carbocycles. The molecule has 2 aliphatic rings. The lowest BCUT2D eigenvalue weighted by Gasteiger charge is -2.39. The van der Waals surface area contributed by atoms with Crippen LogP contribution < -0.4 is 0 Å². The van der Waals surface area contributed by atoms with Gasteiger partial charge in [0.25, 0.3) is 0 Å². The minimum atomic E-state index is -0.283. The van der Waals surface area contributed by atoms with E-state index in [1.807, 2.05) is 0 Å². The largest absolute Gasteiger partial charge is 0.347 e. The number of halogens is 1. The fourth-order valence-corrected chi connectivity index (χ4v) is 2.41. The lowest BCUT2D eigenvalue weighted by molar-refractivity contribution is -0.196. The van der Waals surface area contributed by atoms with Crippen molar-refractivity contribution in [3.8, 4) is 0 Å². The predicted molar refractivity (Wildman–Crippen MR) is 56.5 cm³/mol. The molecule has 1 saturated heterocycles. The molecule has 82 valence electrons. The number of rotatable bonds is 1. The van der Waals surface area contributed by atoms with Gasteiger partial charge in [0.15, 0.2) is 5.79 Å². The Balaban J connectivity index is 1.94. The van der Waals surface area contributed by atoms with Crippen molar-refractivity contribution in [3.63, 3.8) is 0 Å². The van der Waals surface area contributed by atoms with Gasteiger partial charge in [-0.3, -0.25) is 0 Å². The Hall–Kier alpha value is 0.210. The summed E-state index contributed by atoms with van der Waals surface area (Å²) in [5.74, 6) is 0.264. The predicted octanol–water partition coefficient (Wildman–Crippen LogP) is 2.94. The first-order valence-electron chi connectivity index (χ1n) is 5.43. The SMILES string of the molecule is CC1(C)CCC2(CC1)OCC(CCl)O2. The van der Waals surface area contributed by atoms with Crippen LogP contribution in [0, 0.1) is 5.41 Å². The number of hydrogen-bond donors (Lipinski definition) is 0. The zero-order valence-corrected chi connectivity index (χ0v) is 9.77. The summed E-state index contributed by atoms with van der Waals surface area (Å²) >= 11 is 5.76. The third kappa shape index (κ3) is 2.07. The average molecular weight is 219 g/mol. The molecule has 1 unspecified atom stereocenters. The second-order valence-corrected chi connectivity index (χ2v) is 5.59. The van der Waals surface area contributed by atoms with Gasteiger partial charge < -0.3 is 9.47 Å². The summed E-state index contributed by atoms with van der Waals surface area (Å²) in [5, 5.41) is 0. The van der Waals surface area contributed by atoms with E-state index < -0.39 is 0 Å². The van der Waals surface area contributed by atoms with Crippen molar-refractivity contribution < 1.29 is 9.47 Å². The van der Waals surface area contributed by atoms with Crippen LogP contribution in [0.5, 0.6) is 0 Å². The first-order valence-corrected chi connectivity index (χ1v) is 5.97. The molecule has 2 nitrogen and oxygen atoms in total. The zero-order chi connectivity index (χ0) is 10.2. The Morgan fingerprint density at radius 3 is 2.36 bits per heavy atom. The van der Waals surface area contributed by atoms with E-state index in [2.05, 4.69) is 13.8 Å². The normalized spacial score (nSPS) is 34.9. The van der Waals surface area contributed by atoms with Gasteiger partial charge in [0, 0.05) is 12.8 Å². The summed E-state index contributed by atoms with van der Waals surface area (Å²) in [6.45, 7) is 5.30. The topological polar surface area (TPSA) is 18.5 Å². The summed E-state index contributed by atoms with van der Waals surface area (Å²) in [6, 6.07) is 0. The molecule has 0 amide bonds. The van der Waals surface area contributed by atoms with Gasteiger partial charge in [-0.15, -0.1) is 11.6 Å². The van der Waals surface area contributed by atoms with Gasteiger partial charge in [-0.05, 0) is 18.3 Å². The van der Waals surface area contributed by atoms with Gasteiger partial charge in [-0.25, -0.2) is 0 Å². The molecule has 2 fully saturated rings. The van der Waals surface area contributed by atoms with Crippen LogP contribution in [0.3, 0.4) is 0 Å². The Kier molecular flexibility index (Phi) is 2.80. The van der Waals surface area contributed by atoms with Gasteiger partial charge in [-0.1, -0.05) is 13.8 Å². The maximum absolute atomic E-state index is 5.88. The third-order valence-electron chi connectivity index (χ3n) is 3.45. The summed E-state index contributed by atoms with van der Waals surface area (Å²) in [7, 11) is 0. The van der Waals surface area contributed by atoms with Crippen LogP contribution in [0.4, 0.5) is 0 Å². The molecular weight excluding hydrogens is 200 g/mol.